The van der Waals surface area contributed by atoms with Gasteiger partial charge in [-0.05, 0) is 18.2 Å². The highest BCUT2D eigenvalue weighted by Crippen LogP contribution is 2.35. The number of methoxy groups -OCH3 is 2. The number of halogens is 1. The van der Waals surface area contributed by atoms with Crippen LogP contribution in [0.2, 0.25) is 5.15 Å². The molecule has 88 valence electrons. The van der Waals surface area contributed by atoms with E-state index in [0.29, 0.717) is 28.9 Å². The number of rotatable bonds is 3. The Labute approximate surface area is 103 Å². The van der Waals surface area contributed by atoms with Gasteiger partial charge in [-0.25, -0.2) is 4.98 Å². The highest BCUT2D eigenvalue weighted by Gasteiger charge is 2.12. The highest BCUT2D eigenvalue weighted by molar-refractivity contribution is 6.32. The number of benzene rings is 1. The van der Waals surface area contributed by atoms with Crippen LogP contribution in [0.3, 0.4) is 0 Å². The third-order valence-corrected chi connectivity index (χ3v) is 2.74. The molecule has 1 aromatic heterocycles. The van der Waals surface area contributed by atoms with E-state index in [1.807, 2.05) is 0 Å². The molecular weight excluding hydrogens is 242 g/mol. The molecule has 2 aromatic rings. The third kappa shape index (κ3) is 1.91. The first-order valence-electron chi connectivity index (χ1n) is 4.87. The minimum atomic E-state index is 0.152. The summed E-state index contributed by atoms with van der Waals surface area (Å²) < 4.78 is 10.4. The predicted molar refractivity (Wildman–Crippen MR) is 65.2 cm³/mol. The van der Waals surface area contributed by atoms with Crippen molar-refractivity contribution in [3.05, 3.63) is 28.9 Å². The standard InChI is InChI=1S/C12H10ClNO3/c1-16-9-4-3-7-5-8(6-15)12(13)14-10(7)11(9)17-2/h3-6H,1-2H3. The molecule has 1 heterocycles. The van der Waals surface area contributed by atoms with E-state index in [2.05, 4.69) is 4.98 Å². The van der Waals surface area contributed by atoms with Crippen molar-refractivity contribution in [1.29, 1.82) is 0 Å². The average Bonchev–Trinajstić information content (AvgIpc) is 2.36. The first-order valence-corrected chi connectivity index (χ1v) is 5.25. The van der Waals surface area contributed by atoms with Crippen molar-refractivity contribution in [3.63, 3.8) is 0 Å². The van der Waals surface area contributed by atoms with Gasteiger partial charge in [-0.2, -0.15) is 0 Å². The van der Waals surface area contributed by atoms with Crippen LogP contribution in [-0.2, 0) is 0 Å². The van der Waals surface area contributed by atoms with Crippen LogP contribution in [0, 0.1) is 0 Å². The van der Waals surface area contributed by atoms with E-state index in [1.54, 1.807) is 25.3 Å². The fraction of sp³-hybridized carbons (Fsp3) is 0.167. The number of nitrogens with zero attached hydrogens (tertiary/aromatic N) is 1. The summed E-state index contributed by atoms with van der Waals surface area (Å²) in [7, 11) is 3.07. The first-order chi connectivity index (χ1) is 8.21. The molecule has 0 aliphatic rings. The van der Waals surface area contributed by atoms with Crippen molar-refractivity contribution < 1.29 is 14.3 Å². The molecule has 0 aliphatic carbocycles. The number of pyridine rings is 1. The molecule has 0 bridgehead atoms. The van der Waals surface area contributed by atoms with Crippen molar-refractivity contribution in [2.75, 3.05) is 14.2 Å². The van der Waals surface area contributed by atoms with E-state index in [4.69, 9.17) is 21.1 Å². The lowest BCUT2D eigenvalue weighted by molar-refractivity contribution is 0.112. The van der Waals surface area contributed by atoms with Crippen LogP contribution in [0.4, 0.5) is 0 Å². The summed E-state index contributed by atoms with van der Waals surface area (Å²) in [5.74, 6) is 1.08. The summed E-state index contributed by atoms with van der Waals surface area (Å²) in [6.45, 7) is 0. The van der Waals surface area contributed by atoms with Gasteiger partial charge in [0, 0.05) is 5.39 Å². The van der Waals surface area contributed by atoms with E-state index in [-0.39, 0.29) is 5.15 Å². The lowest BCUT2D eigenvalue weighted by Crippen LogP contribution is -1.95. The Morgan fingerprint density at radius 2 is 2.06 bits per heavy atom. The summed E-state index contributed by atoms with van der Waals surface area (Å²) in [5.41, 5.74) is 0.925. The molecule has 0 fully saturated rings. The van der Waals surface area contributed by atoms with Crippen LogP contribution in [0.5, 0.6) is 11.5 Å². The summed E-state index contributed by atoms with van der Waals surface area (Å²) in [4.78, 5) is 14.9. The maximum absolute atomic E-state index is 10.8. The number of fused-ring (bicyclic) bond motifs is 1. The number of aldehydes is 1. The van der Waals surface area contributed by atoms with Crippen LogP contribution in [0.15, 0.2) is 18.2 Å². The maximum Gasteiger partial charge on any atom is 0.187 e. The van der Waals surface area contributed by atoms with Gasteiger partial charge >= 0.3 is 0 Å². The number of ether oxygens (including phenoxy) is 2. The fourth-order valence-corrected chi connectivity index (χ4v) is 1.81. The van der Waals surface area contributed by atoms with Gasteiger partial charge in [-0.1, -0.05) is 11.6 Å². The predicted octanol–water partition coefficient (Wildman–Crippen LogP) is 2.72. The van der Waals surface area contributed by atoms with Crippen molar-refractivity contribution >= 4 is 28.8 Å². The van der Waals surface area contributed by atoms with Crippen LogP contribution in [0.25, 0.3) is 10.9 Å². The fourth-order valence-electron chi connectivity index (χ4n) is 1.63. The van der Waals surface area contributed by atoms with Crippen molar-refractivity contribution in [2.45, 2.75) is 0 Å². The van der Waals surface area contributed by atoms with Gasteiger partial charge in [0.1, 0.15) is 10.7 Å². The van der Waals surface area contributed by atoms with E-state index in [0.717, 1.165) is 5.39 Å². The Hall–Kier alpha value is -1.81. The monoisotopic (exact) mass is 251 g/mol. The lowest BCUT2D eigenvalue weighted by Gasteiger charge is -2.10. The van der Waals surface area contributed by atoms with Gasteiger partial charge < -0.3 is 9.47 Å². The van der Waals surface area contributed by atoms with Gasteiger partial charge in [0.25, 0.3) is 0 Å². The number of hydrogen-bond donors (Lipinski definition) is 0. The molecular formula is C12H10ClNO3. The van der Waals surface area contributed by atoms with Gasteiger partial charge in [-0.3, -0.25) is 4.79 Å². The number of hydrogen-bond acceptors (Lipinski definition) is 4. The smallest absolute Gasteiger partial charge is 0.187 e. The van der Waals surface area contributed by atoms with Crippen LogP contribution in [0.1, 0.15) is 10.4 Å². The largest absolute Gasteiger partial charge is 0.493 e. The van der Waals surface area contributed by atoms with Crippen LogP contribution < -0.4 is 9.47 Å². The Morgan fingerprint density at radius 3 is 2.65 bits per heavy atom. The molecule has 0 N–H and O–H groups in total. The molecule has 0 unspecified atom stereocenters. The zero-order valence-electron chi connectivity index (χ0n) is 9.36. The van der Waals surface area contributed by atoms with Gasteiger partial charge in [0.15, 0.2) is 17.8 Å². The molecule has 2 rings (SSSR count). The van der Waals surface area contributed by atoms with E-state index < -0.39 is 0 Å². The quantitative estimate of drug-likeness (QED) is 0.622. The summed E-state index contributed by atoms with van der Waals surface area (Å²) >= 11 is 5.89. The summed E-state index contributed by atoms with van der Waals surface area (Å²) in [5, 5.41) is 0.924. The number of aromatic nitrogens is 1. The Morgan fingerprint density at radius 1 is 1.29 bits per heavy atom. The zero-order chi connectivity index (χ0) is 12.4. The van der Waals surface area contributed by atoms with Crippen molar-refractivity contribution in [1.82, 2.24) is 4.98 Å². The molecule has 5 heteroatoms. The van der Waals surface area contributed by atoms with Gasteiger partial charge in [-0.15, -0.1) is 0 Å². The first kappa shape index (κ1) is 11.7. The minimum absolute atomic E-state index is 0.152. The second kappa shape index (κ2) is 4.59. The molecule has 0 atom stereocenters. The van der Waals surface area contributed by atoms with E-state index >= 15 is 0 Å². The molecule has 1 aromatic carbocycles. The zero-order valence-corrected chi connectivity index (χ0v) is 10.1. The minimum Gasteiger partial charge on any atom is -0.493 e. The molecule has 0 spiro atoms. The van der Waals surface area contributed by atoms with E-state index in [1.165, 1.54) is 7.11 Å². The second-order valence-electron chi connectivity index (χ2n) is 3.36. The van der Waals surface area contributed by atoms with Crippen LogP contribution in [-0.4, -0.2) is 25.5 Å². The average molecular weight is 252 g/mol. The molecule has 0 radical (unpaired) electrons. The van der Waals surface area contributed by atoms with Gasteiger partial charge in [0.2, 0.25) is 0 Å². The number of carbonyl (C=O) groups excluding carboxylic acids is 1. The van der Waals surface area contributed by atoms with Crippen molar-refractivity contribution in [3.8, 4) is 11.5 Å². The molecule has 17 heavy (non-hydrogen) atoms. The Bertz CT molecular complexity index is 583. The van der Waals surface area contributed by atoms with E-state index in [9.17, 15) is 4.79 Å². The Kier molecular flexibility index (Phi) is 3.15. The normalized spacial score (nSPS) is 10.3. The SMILES string of the molecule is COc1ccc2cc(C=O)c(Cl)nc2c1OC. The van der Waals surface area contributed by atoms with Crippen LogP contribution >= 0.6 is 11.6 Å². The van der Waals surface area contributed by atoms with Gasteiger partial charge in [0.05, 0.1) is 19.8 Å². The maximum atomic E-state index is 10.8. The molecule has 0 saturated carbocycles. The highest BCUT2D eigenvalue weighted by atomic mass is 35.5. The summed E-state index contributed by atoms with van der Waals surface area (Å²) in [6.07, 6.45) is 0.672. The summed E-state index contributed by atoms with van der Waals surface area (Å²) in [6, 6.07) is 5.22. The topological polar surface area (TPSA) is 48.4 Å². The Balaban J connectivity index is 2.81. The second-order valence-corrected chi connectivity index (χ2v) is 3.72. The molecule has 0 aliphatic heterocycles. The van der Waals surface area contributed by atoms with Crippen molar-refractivity contribution in [2.24, 2.45) is 0 Å². The molecule has 0 saturated heterocycles. The molecule has 0 amide bonds. The molecule has 4 nitrogen and oxygen atoms in total. The lowest BCUT2D eigenvalue weighted by atomic mass is 10.1. The third-order valence-electron chi connectivity index (χ3n) is 2.44. The number of carbonyl (C=O) groups is 1.